The van der Waals surface area contributed by atoms with Crippen molar-refractivity contribution in [1.29, 1.82) is 0 Å². The highest BCUT2D eigenvalue weighted by atomic mass is 35.5. The second kappa shape index (κ2) is 11.8. The average Bonchev–Trinajstić information content (AvgIpc) is 2.66. The smallest absolute Gasteiger partial charge is 0.238 e. The van der Waals surface area contributed by atoms with Gasteiger partial charge in [0.2, 0.25) is 11.8 Å². The van der Waals surface area contributed by atoms with Gasteiger partial charge >= 0.3 is 0 Å². The molecule has 0 saturated carbocycles. The number of hydrazine groups is 1. The van der Waals surface area contributed by atoms with Crippen molar-refractivity contribution in [1.82, 2.24) is 16.2 Å². The van der Waals surface area contributed by atoms with Crippen LogP contribution >= 0.6 is 47.0 Å². The number of amides is 2. The Hall–Kier alpha value is -2.06. The van der Waals surface area contributed by atoms with E-state index in [1.165, 1.54) is 0 Å². The lowest BCUT2D eigenvalue weighted by Crippen LogP contribution is -2.48. The molecule has 6 nitrogen and oxygen atoms in total. The number of rotatable bonds is 7. The molecule has 0 aliphatic rings. The third-order valence-corrected chi connectivity index (χ3v) is 4.53. The van der Waals surface area contributed by atoms with Crippen molar-refractivity contribution in [2.45, 2.75) is 19.3 Å². The van der Waals surface area contributed by atoms with Gasteiger partial charge in [0.25, 0.3) is 0 Å². The minimum absolute atomic E-state index is 0.00140. The Bertz CT molecular complexity index is 879. The Labute approximate surface area is 188 Å². The van der Waals surface area contributed by atoms with Gasteiger partial charge in [-0.3, -0.25) is 20.4 Å². The Balaban J connectivity index is 1.60. The first-order valence-electron chi connectivity index (χ1n) is 8.54. The third kappa shape index (κ3) is 8.87. The summed E-state index contributed by atoms with van der Waals surface area (Å²) in [5.41, 5.74) is 5.69. The molecule has 0 aliphatic heterocycles. The molecule has 0 aliphatic carbocycles. The van der Waals surface area contributed by atoms with E-state index in [1.54, 1.807) is 42.5 Å². The molecule has 0 atom stereocenters. The van der Waals surface area contributed by atoms with Crippen molar-refractivity contribution < 1.29 is 14.3 Å². The van der Waals surface area contributed by atoms with Crippen LogP contribution in [0.2, 0.25) is 15.1 Å². The first kappa shape index (κ1) is 23.2. The van der Waals surface area contributed by atoms with Crippen molar-refractivity contribution in [2.24, 2.45) is 0 Å². The summed E-state index contributed by atoms with van der Waals surface area (Å²) in [6.07, 6.45) is 0.791. The maximum absolute atomic E-state index is 11.9. The SMILES string of the molecule is O=C(CCCOc1ccc(Cl)cc1Cl)NNC(=S)NC(=O)Cc1ccc(Cl)cc1. The quantitative estimate of drug-likeness (QED) is 0.320. The van der Waals surface area contributed by atoms with Gasteiger partial charge in [-0.25, -0.2) is 0 Å². The first-order chi connectivity index (χ1) is 13.8. The fourth-order valence-electron chi connectivity index (χ4n) is 2.19. The highest BCUT2D eigenvalue weighted by Crippen LogP contribution is 2.27. The predicted molar refractivity (Wildman–Crippen MR) is 118 cm³/mol. The van der Waals surface area contributed by atoms with Crippen LogP contribution in [-0.2, 0) is 16.0 Å². The monoisotopic (exact) mass is 473 g/mol. The second-order valence-corrected chi connectivity index (χ2v) is 7.57. The number of ether oxygens (including phenoxy) is 1. The lowest BCUT2D eigenvalue weighted by molar-refractivity contribution is -0.122. The van der Waals surface area contributed by atoms with Gasteiger partial charge in [0.15, 0.2) is 5.11 Å². The summed E-state index contributed by atoms with van der Waals surface area (Å²) in [6, 6.07) is 11.8. The molecule has 0 unspecified atom stereocenters. The number of hydrogen-bond acceptors (Lipinski definition) is 4. The lowest BCUT2D eigenvalue weighted by atomic mass is 10.1. The summed E-state index contributed by atoms with van der Waals surface area (Å²) in [7, 11) is 0. The lowest BCUT2D eigenvalue weighted by Gasteiger charge is -2.11. The highest BCUT2D eigenvalue weighted by Gasteiger charge is 2.08. The minimum Gasteiger partial charge on any atom is -0.492 e. The molecule has 2 aromatic carbocycles. The zero-order valence-electron chi connectivity index (χ0n) is 15.1. The number of halogens is 3. The number of nitrogens with one attached hydrogen (secondary N) is 3. The zero-order valence-corrected chi connectivity index (χ0v) is 18.2. The van der Waals surface area contributed by atoms with Crippen molar-refractivity contribution >= 4 is 63.9 Å². The van der Waals surface area contributed by atoms with Gasteiger partial charge in [-0.05, 0) is 54.5 Å². The number of carbonyl (C=O) groups is 2. The maximum atomic E-state index is 11.9. The van der Waals surface area contributed by atoms with Gasteiger partial charge in [0, 0.05) is 16.5 Å². The molecule has 10 heteroatoms. The maximum Gasteiger partial charge on any atom is 0.238 e. The standard InChI is InChI=1S/C19H18Cl3N3O3S/c20-13-5-3-12(4-6-13)10-18(27)23-19(29)25-24-17(26)2-1-9-28-16-8-7-14(21)11-15(16)22/h3-8,11H,1-2,9-10H2,(H,24,26)(H2,23,25,27,29). The van der Waals surface area contributed by atoms with Gasteiger partial charge in [-0.1, -0.05) is 46.9 Å². The van der Waals surface area contributed by atoms with E-state index >= 15 is 0 Å². The largest absolute Gasteiger partial charge is 0.492 e. The summed E-state index contributed by atoms with van der Waals surface area (Å²) in [5, 5.41) is 4.00. The first-order valence-corrected chi connectivity index (χ1v) is 10.1. The normalized spacial score (nSPS) is 10.2. The molecule has 0 radical (unpaired) electrons. The van der Waals surface area contributed by atoms with Gasteiger partial charge in [0.1, 0.15) is 5.75 Å². The van der Waals surface area contributed by atoms with Crippen molar-refractivity contribution in [3.63, 3.8) is 0 Å². The van der Waals surface area contributed by atoms with Crippen LogP contribution in [0, 0.1) is 0 Å². The molecule has 29 heavy (non-hydrogen) atoms. The molecule has 154 valence electrons. The molecular weight excluding hydrogens is 457 g/mol. The summed E-state index contributed by atoms with van der Waals surface area (Å²) in [4.78, 5) is 23.7. The molecular formula is C19H18Cl3N3O3S. The van der Waals surface area contributed by atoms with Crippen LogP contribution in [0.1, 0.15) is 18.4 Å². The van der Waals surface area contributed by atoms with Crippen molar-refractivity contribution in [3.05, 3.63) is 63.1 Å². The van der Waals surface area contributed by atoms with E-state index in [2.05, 4.69) is 16.2 Å². The predicted octanol–water partition coefficient (Wildman–Crippen LogP) is 4.07. The van der Waals surface area contributed by atoms with E-state index < -0.39 is 0 Å². The summed E-state index contributed by atoms with van der Waals surface area (Å²) in [6.45, 7) is 0.303. The van der Waals surface area contributed by atoms with E-state index in [4.69, 9.17) is 51.8 Å². The van der Waals surface area contributed by atoms with Gasteiger partial charge in [-0.15, -0.1) is 0 Å². The highest BCUT2D eigenvalue weighted by molar-refractivity contribution is 7.80. The zero-order chi connectivity index (χ0) is 21.2. The van der Waals surface area contributed by atoms with Crippen LogP contribution in [0.15, 0.2) is 42.5 Å². The van der Waals surface area contributed by atoms with Crippen LogP contribution in [0.4, 0.5) is 0 Å². The van der Waals surface area contributed by atoms with Crippen LogP contribution < -0.4 is 20.9 Å². The fraction of sp³-hybridized carbons (Fsp3) is 0.211. The van der Waals surface area contributed by atoms with E-state index in [0.717, 1.165) is 5.56 Å². The Morgan fingerprint density at radius 2 is 1.62 bits per heavy atom. The molecule has 2 amide bonds. The molecule has 2 rings (SSSR count). The average molecular weight is 475 g/mol. The van der Waals surface area contributed by atoms with Crippen LogP contribution in [0.3, 0.4) is 0 Å². The summed E-state index contributed by atoms with van der Waals surface area (Å²) >= 11 is 22.6. The Morgan fingerprint density at radius 1 is 0.931 bits per heavy atom. The number of thiocarbonyl (C=S) groups is 1. The second-order valence-electron chi connectivity index (χ2n) is 5.88. The van der Waals surface area contributed by atoms with Crippen LogP contribution in [0.25, 0.3) is 0 Å². The number of hydrogen-bond donors (Lipinski definition) is 3. The molecule has 0 heterocycles. The van der Waals surface area contributed by atoms with E-state index in [-0.39, 0.29) is 29.8 Å². The minimum atomic E-state index is -0.313. The molecule has 3 N–H and O–H groups in total. The van der Waals surface area contributed by atoms with E-state index in [1.807, 2.05) is 0 Å². The number of carbonyl (C=O) groups excluding carboxylic acids is 2. The van der Waals surface area contributed by atoms with Gasteiger partial charge in [0.05, 0.1) is 18.1 Å². The molecule has 0 aromatic heterocycles. The molecule has 0 saturated heterocycles. The van der Waals surface area contributed by atoms with Crippen molar-refractivity contribution in [2.75, 3.05) is 6.61 Å². The molecule has 2 aromatic rings. The molecule has 0 bridgehead atoms. The van der Waals surface area contributed by atoms with Crippen LogP contribution in [0.5, 0.6) is 5.75 Å². The number of benzene rings is 2. The van der Waals surface area contributed by atoms with Gasteiger partial charge < -0.3 is 10.1 Å². The van der Waals surface area contributed by atoms with Crippen molar-refractivity contribution in [3.8, 4) is 5.75 Å². The third-order valence-electron chi connectivity index (χ3n) is 3.55. The fourth-order valence-corrected chi connectivity index (χ4v) is 2.94. The van der Waals surface area contributed by atoms with E-state index in [0.29, 0.717) is 33.8 Å². The Kier molecular flexibility index (Phi) is 9.47. The molecule has 0 spiro atoms. The summed E-state index contributed by atoms with van der Waals surface area (Å²) < 4.78 is 5.50. The topological polar surface area (TPSA) is 79.5 Å². The van der Waals surface area contributed by atoms with Gasteiger partial charge in [-0.2, -0.15) is 0 Å². The van der Waals surface area contributed by atoms with Crippen LogP contribution in [-0.4, -0.2) is 23.5 Å². The summed E-state index contributed by atoms with van der Waals surface area (Å²) in [5.74, 6) is -0.114. The van der Waals surface area contributed by atoms with E-state index in [9.17, 15) is 9.59 Å². The Morgan fingerprint density at radius 3 is 2.31 bits per heavy atom. The molecule has 0 fully saturated rings.